The van der Waals surface area contributed by atoms with E-state index in [1.807, 2.05) is 0 Å². The molecule has 0 bridgehead atoms. The van der Waals surface area contributed by atoms with E-state index in [9.17, 15) is 8.42 Å². The van der Waals surface area contributed by atoms with Crippen molar-refractivity contribution in [1.82, 2.24) is 9.03 Å². The van der Waals surface area contributed by atoms with E-state index in [1.54, 1.807) is 4.31 Å². The third kappa shape index (κ3) is 4.16. The first kappa shape index (κ1) is 16.2. The lowest BCUT2D eigenvalue weighted by Crippen LogP contribution is -2.48. The number of piperidine rings is 1. The molecule has 1 aliphatic carbocycles. The second kappa shape index (κ2) is 6.73. The minimum absolute atomic E-state index is 0.140. The molecule has 1 saturated carbocycles. The van der Waals surface area contributed by atoms with Gasteiger partial charge in [0.15, 0.2) is 0 Å². The highest BCUT2D eigenvalue weighted by Crippen LogP contribution is 2.35. The smallest absolute Gasteiger partial charge is 0.279 e. The van der Waals surface area contributed by atoms with Gasteiger partial charge in [0.1, 0.15) is 0 Å². The highest BCUT2D eigenvalue weighted by atomic mass is 32.2. The molecular weight excluding hydrogens is 274 g/mol. The van der Waals surface area contributed by atoms with Crippen LogP contribution in [0.4, 0.5) is 0 Å². The summed E-state index contributed by atoms with van der Waals surface area (Å²) in [6.45, 7) is 4.66. The molecule has 0 aromatic carbocycles. The van der Waals surface area contributed by atoms with E-state index in [0.29, 0.717) is 32.1 Å². The van der Waals surface area contributed by atoms with Crippen molar-refractivity contribution < 1.29 is 8.42 Å². The van der Waals surface area contributed by atoms with Gasteiger partial charge in [0.2, 0.25) is 0 Å². The predicted molar refractivity (Wildman–Crippen MR) is 81.5 cm³/mol. The number of hydrogen-bond acceptors (Lipinski definition) is 3. The number of nitrogens with zero attached hydrogens (tertiary/aromatic N) is 1. The predicted octanol–water partition coefficient (Wildman–Crippen LogP) is 1.46. The van der Waals surface area contributed by atoms with Crippen molar-refractivity contribution in [1.29, 1.82) is 0 Å². The Hall–Kier alpha value is -0.170. The number of hydrogen-bond donors (Lipinski definition) is 2. The van der Waals surface area contributed by atoms with Gasteiger partial charge < -0.3 is 5.73 Å². The largest absolute Gasteiger partial charge is 0.330 e. The van der Waals surface area contributed by atoms with Gasteiger partial charge in [0.25, 0.3) is 10.2 Å². The minimum atomic E-state index is -3.31. The molecule has 2 fully saturated rings. The van der Waals surface area contributed by atoms with Crippen LogP contribution in [0.2, 0.25) is 0 Å². The van der Waals surface area contributed by atoms with Crippen LogP contribution in [0, 0.1) is 11.3 Å². The molecule has 20 heavy (non-hydrogen) atoms. The fourth-order valence-electron chi connectivity index (χ4n) is 3.32. The maximum absolute atomic E-state index is 12.3. The Morgan fingerprint density at radius 1 is 1.20 bits per heavy atom. The lowest BCUT2D eigenvalue weighted by molar-refractivity contribution is 0.215. The highest BCUT2D eigenvalue weighted by Gasteiger charge is 2.31. The van der Waals surface area contributed by atoms with E-state index in [4.69, 9.17) is 5.73 Å². The van der Waals surface area contributed by atoms with E-state index >= 15 is 0 Å². The number of nitrogens with two attached hydrogens (primary N) is 1. The van der Waals surface area contributed by atoms with Crippen molar-refractivity contribution in [2.75, 3.05) is 26.2 Å². The quantitative estimate of drug-likeness (QED) is 0.807. The third-order valence-electron chi connectivity index (χ3n) is 4.99. The Bertz CT molecular complexity index is 397. The summed E-state index contributed by atoms with van der Waals surface area (Å²) in [7, 11) is -3.31. The standard InChI is InChI=1S/C14H29N3O2S/c1-14(7-3-2-4-8-14)12-16-20(18,19)17-9-5-13(11-15)6-10-17/h13,16H,2-12,15H2,1H3. The molecule has 0 spiro atoms. The van der Waals surface area contributed by atoms with Crippen LogP contribution in [0.15, 0.2) is 0 Å². The maximum atomic E-state index is 12.3. The van der Waals surface area contributed by atoms with Crippen molar-refractivity contribution in [2.24, 2.45) is 17.1 Å². The lowest BCUT2D eigenvalue weighted by atomic mass is 9.76. The Morgan fingerprint density at radius 3 is 2.35 bits per heavy atom. The minimum Gasteiger partial charge on any atom is -0.330 e. The van der Waals surface area contributed by atoms with Gasteiger partial charge >= 0.3 is 0 Å². The molecule has 2 rings (SSSR count). The molecule has 0 unspecified atom stereocenters. The Balaban J connectivity index is 1.85. The summed E-state index contributed by atoms with van der Waals surface area (Å²) in [5.74, 6) is 0.484. The maximum Gasteiger partial charge on any atom is 0.279 e. The summed E-state index contributed by atoms with van der Waals surface area (Å²) < 4.78 is 29.1. The van der Waals surface area contributed by atoms with Crippen molar-refractivity contribution in [3.05, 3.63) is 0 Å². The summed E-state index contributed by atoms with van der Waals surface area (Å²) in [5.41, 5.74) is 5.79. The van der Waals surface area contributed by atoms with Crippen molar-refractivity contribution in [2.45, 2.75) is 51.9 Å². The zero-order valence-electron chi connectivity index (χ0n) is 12.6. The van der Waals surface area contributed by atoms with Gasteiger partial charge in [-0.05, 0) is 43.6 Å². The molecule has 6 heteroatoms. The fraction of sp³-hybridized carbons (Fsp3) is 1.00. The summed E-state index contributed by atoms with van der Waals surface area (Å²) in [6, 6.07) is 0. The molecular formula is C14H29N3O2S. The van der Waals surface area contributed by atoms with Gasteiger partial charge in [0.05, 0.1) is 0 Å². The first-order valence-corrected chi connectivity index (χ1v) is 9.34. The first-order valence-electron chi connectivity index (χ1n) is 7.90. The highest BCUT2D eigenvalue weighted by molar-refractivity contribution is 7.87. The fourth-order valence-corrected chi connectivity index (χ4v) is 4.73. The van der Waals surface area contributed by atoms with Gasteiger partial charge in [0, 0.05) is 19.6 Å². The summed E-state index contributed by atoms with van der Waals surface area (Å²) in [5, 5.41) is 0. The number of nitrogens with one attached hydrogen (secondary N) is 1. The Kier molecular flexibility index (Phi) is 5.45. The Morgan fingerprint density at radius 2 is 1.80 bits per heavy atom. The molecule has 3 N–H and O–H groups in total. The van der Waals surface area contributed by atoms with E-state index in [0.717, 1.165) is 25.7 Å². The van der Waals surface area contributed by atoms with Gasteiger partial charge in [-0.25, -0.2) is 4.72 Å². The summed E-state index contributed by atoms with van der Waals surface area (Å²) in [6.07, 6.45) is 7.76. The molecule has 0 aromatic rings. The molecule has 1 heterocycles. The average molecular weight is 303 g/mol. The van der Waals surface area contributed by atoms with Gasteiger partial charge in [-0.1, -0.05) is 26.2 Å². The lowest BCUT2D eigenvalue weighted by Gasteiger charge is -2.35. The molecule has 1 aliphatic heterocycles. The zero-order chi connectivity index (χ0) is 14.6. The van der Waals surface area contributed by atoms with Crippen LogP contribution in [0.3, 0.4) is 0 Å². The van der Waals surface area contributed by atoms with Crippen LogP contribution in [0.5, 0.6) is 0 Å². The van der Waals surface area contributed by atoms with E-state index < -0.39 is 10.2 Å². The Labute approximate surface area is 123 Å². The molecule has 0 atom stereocenters. The van der Waals surface area contributed by atoms with Crippen LogP contribution in [0.1, 0.15) is 51.9 Å². The molecule has 0 radical (unpaired) electrons. The normalized spacial score (nSPS) is 25.7. The van der Waals surface area contributed by atoms with Gasteiger partial charge in [-0.15, -0.1) is 0 Å². The van der Waals surface area contributed by atoms with Crippen molar-refractivity contribution in [3.8, 4) is 0 Å². The molecule has 2 aliphatic rings. The zero-order valence-corrected chi connectivity index (χ0v) is 13.4. The van der Waals surface area contributed by atoms with Crippen LogP contribution in [0.25, 0.3) is 0 Å². The average Bonchev–Trinajstić information content (AvgIpc) is 2.46. The van der Waals surface area contributed by atoms with Crippen LogP contribution >= 0.6 is 0 Å². The SMILES string of the molecule is CC1(CNS(=O)(=O)N2CCC(CN)CC2)CCCCC1. The second-order valence-electron chi connectivity index (χ2n) is 6.78. The van der Waals surface area contributed by atoms with Crippen molar-refractivity contribution in [3.63, 3.8) is 0 Å². The van der Waals surface area contributed by atoms with Crippen LogP contribution < -0.4 is 10.5 Å². The molecule has 118 valence electrons. The monoisotopic (exact) mass is 303 g/mol. The van der Waals surface area contributed by atoms with Crippen LogP contribution in [-0.2, 0) is 10.2 Å². The molecule has 0 aromatic heterocycles. The molecule has 1 saturated heterocycles. The third-order valence-corrected chi connectivity index (χ3v) is 6.54. The van der Waals surface area contributed by atoms with E-state index in [1.165, 1.54) is 19.3 Å². The second-order valence-corrected chi connectivity index (χ2v) is 8.53. The molecule has 5 nitrogen and oxygen atoms in total. The summed E-state index contributed by atoms with van der Waals surface area (Å²) in [4.78, 5) is 0. The van der Waals surface area contributed by atoms with Gasteiger partial charge in [-0.2, -0.15) is 12.7 Å². The topological polar surface area (TPSA) is 75.4 Å². The first-order chi connectivity index (χ1) is 9.45. The van der Waals surface area contributed by atoms with Gasteiger partial charge in [-0.3, -0.25) is 0 Å². The van der Waals surface area contributed by atoms with Crippen molar-refractivity contribution >= 4 is 10.2 Å². The molecule has 0 amide bonds. The summed E-state index contributed by atoms with van der Waals surface area (Å²) >= 11 is 0. The van der Waals surface area contributed by atoms with Crippen LogP contribution in [-0.4, -0.2) is 38.9 Å². The number of rotatable bonds is 5. The van der Waals surface area contributed by atoms with E-state index in [-0.39, 0.29) is 5.41 Å². The van der Waals surface area contributed by atoms with E-state index in [2.05, 4.69) is 11.6 Å².